The summed E-state index contributed by atoms with van der Waals surface area (Å²) >= 11 is 0. The van der Waals surface area contributed by atoms with Crippen molar-refractivity contribution in [2.24, 2.45) is 0 Å². The SMILES string of the molecule is C[SiH]C.Cc1cc2ccccc2[cH-]1.Cc1cc2ccccc2[cH-]1.[Zr+2]. The van der Waals surface area contributed by atoms with Crippen molar-refractivity contribution in [3.05, 3.63) is 83.9 Å². The van der Waals surface area contributed by atoms with Crippen LogP contribution in [0.25, 0.3) is 21.5 Å². The Morgan fingerprint density at radius 3 is 1.33 bits per heavy atom. The number of rotatable bonds is 0. The molecule has 0 fully saturated rings. The van der Waals surface area contributed by atoms with Crippen LogP contribution in [-0.2, 0) is 26.2 Å². The first-order valence-corrected chi connectivity index (χ1v) is 10.4. The van der Waals surface area contributed by atoms with E-state index in [4.69, 9.17) is 0 Å². The van der Waals surface area contributed by atoms with Crippen LogP contribution in [0.2, 0.25) is 13.1 Å². The Hall–Kier alpha value is -1.24. The standard InChI is InChI=1S/2C10H9.C2H7Si.Zr/c2*1-8-6-9-4-2-3-5-10(9)7-8;1-3-2;/h2*2-7H,1H3;3H,1-2H3;/q2*-1;;+2. The largest absolute Gasteiger partial charge is 2.00 e. The maximum atomic E-state index is 2.21. The number of hydrogen-bond donors (Lipinski definition) is 0. The summed E-state index contributed by atoms with van der Waals surface area (Å²) in [6.45, 7) is 8.67. The fraction of sp³-hybridized carbons (Fsp3) is 0.182. The number of hydrogen-bond acceptors (Lipinski definition) is 0. The summed E-state index contributed by atoms with van der Waals surface area (Å²) in [5.41, 5.74) is 2.70. The van der Waals surface area contributed by atoms with Crippen molar-refractivity contribution in [1.82, 2.24) is 0 Å². The van der Waals surface area contributed by atoms with Crippen molar-refractivity contribution in [2.75, 3.05) is 0 Å². The third-order valence-electron chi connectivity index (χ3n) is 3.52. The van der Waals surface area contributed by atoms with Crippen molar-refractivity contribution in [3.63, 3.8) is 0 Å². The van der Waals surface area contributed by atoms with Gasteiger partial charge in [-0.2, -0.15) is 12.1 Å². The van der Waals surface area contributed by atoms with E-state index in [1.165, 1.54) is 32.7 Å². The van der Waals surface area contributed by atoms with Gasteiger partial charge in [-0.3, -0.25) is 0 Å². The molecule has 0 saturated heterocycles. The van der Waals surface area contributed by atoms with Crippen LogP contribution in [0.4, 0.5) is 0 Å². The Morgan fingerprint density at radius 2 is 1.00 bits per heavy atom. The van der Waals surface area contributed by atoms with Gasteiger partial charge < -0.3 is 0 Å². The predicted molar refractivity (Wildman–Crippen MR) is 107 cm³/mol. The van der Waals surface area contributed by atoms with Gasteiger partial charge in [-0.1, -0.05) is 39.1 Å². The van der Waals surface area contributed by atoms with Crippen molar-refractivity contribution >= 4 is 31.1 Å². The molecule has 2 heteroatoms. The third-order valence-corrected chi connectivity index (χ3v) is 3.52. The van der Waals surface area contributed by atoms with E-state index < -0.39 is 0 Å². The Balaban J connectivity index is 0.000000200. The average Bonchev–Trinajstić information content (AvgIpc) is 3.08. The second-order valence-corrected chi connectivity index (χ2v) is 7.06. The fourth-order valence-corrected chi connectivity index (χ4v) is 2.61. The van der Waals surface area contributed by atoms with Crippen molar-refractivity contribution < 1.29 is 26.2 Å². The van der Waals surface area contributed by atoms with E-state index in [2.05, 4.69) is 99.7 Å². The molecule has 0 aliphatic heterocycles. The quantitative estimate of drug-likeness (QED) is 0.238. The maximum Gasteiger partial charge on any atom is 2.00 e. The van der Waals surface area contributed by atoms with Crippen molar-refractivity contribution in [3.8, 4) is 0 Å². The molecule has 0 unspecified atom stereocenters. The molecule has 0 heterocycles. The van der Waals surface area contributed by atoms with Gasteiger partial charge in [0, 0.05) is 9.52 Å². The summed E-state index contributed by atoms with van der Waals surface area (Å²) in [6, 6.07) is 25.7. The molecular weight excluding hydrogens is 384 g/mol. The molecule has 0 aliphatic carbocycles. The third kappa shape index (κ3) is 6.00. The minimum Gasteiger partial charge on any atom is -0.165 e. The molecule has 4 rings (SSSR count). The van der Waals surface area contributed by atoms with E-state index in [9.17, 15) is 0 Å². The van der Waals surface area contributed by atoms with Gasteiger partial charge in [-0.15, -0.1) is 81.2 Å². The normalized spacial score (nSPS) is 9.50. The minimum atomic E-state index is 0. The van der Waals surface area contributed by atoms with E-state index in [0.717, 1.165) is 9.52 Å². The molecule has 1 radical (unpaired) electrons. The summed E-state index contributed by atoms with van der Waals surface area (Å²) in [6.07, 6.45) is 0. The molecule has 0 atom stereocenters. The zero-order valence-electron chi connectivity index (χ0n) is 15.0. The molecule has 0 amide bonds. The fourth-order valence-electron chi connectivity index (χ4n) is 2.61. The zero-order chi connectivity index (χ0) is 16.7. The first kappa shape index (κ1) is 20.8. The number of benzene rings is 2. The van der Waals surface area contributed by atoms with Gasteiger partial charge in [0.2, 0.25) is 0 Å². The summed E-state index contributed by atoms with van der Waals surface area (Å²) in [5, 5.41) is 5.39. The molecule has 121 valence electrons. The van der Waals surface area contributed by atoms with Crippen molar-refractivity contribution in [1.29, 1.82) is 0 Å². The molecule has 0 saturated carbocycles. The smallest absolute Gasteiger partial charge is 0.165 e. The summed E-state index contributed by atoms with van der Waals surface area (Å²) in [4.78, 5) is 0. The summed E-state index contributed by atoms with van der Waals surface area (Å²) in [5.74, 6) is 0. The van der Waals surface area contributed by atoms with Crippen LogP contribution in [-0.4, -0.2) is 9.52 Å². The predicted octanol–water partition coefficient (Wildman–Crippen LogP) is 6.25. The van der Waals surface area contributed by atoms with Crippen LogP contribution < -0.4 is 0 Å². The van der Waals surface area contributed by atoms with Gasteiger partial charge in [0.25, 0.3) is 0 Å². The monoisotopic (exact) mass is 407 g/mol. The molecule has 4 aromatic carbocycles. The molecule has 0 bridgehead atoms. The summed E-state index contributed by atoms with van der Waals surface area (Å²) < 4.78 is 0. The van der Waals surface area contributed by atoms with E-state index in [0.29, 0.717) is 0 Å². The van der Waals surface area contributed by atoms with Gasteiger partial charge in [0.15, 0.2) is 0 Å². The number of aryl methyl sites for hydroxylation is 2. The maximum absolute atomic E-state index is 2.21. The minimum absolute atomic E-state index is 0. The van der Waals surface area contributed by atoms with E-state index in [-0.39, 0.29) is 26.2 Å². The molecule has 0 aliphatic rings. The first-order valence-electron chi connectivity index (χ1n) is 8.12. The Kier molecular flexibility index (Phi) is 9.18. The van der Waals surface area contributed by atoms with Crippen LogP contribution in [0.5, 0.6) is 0 Å². The van der Waals surface area contributed by atoms with Gasteiger partial charge >= 0.3 is 26.2 Å². The molecule has 0 N–H and O–H groups in total. The van der Waals surface area contributed by atoms with Crippen LogP contribution in [0.3, 0.4) is 0 Å². The van der Waals surface area contributed by atoms with Crippen molar-refractivity contribution in [2.45, 2.75) is 26.9 Å². The van der Waals surface area contributed by atoms with E-state index >= 15 is 0 Å². The summed E-state index contributed by atoms with van der Waals surface area (Å²) in [7, 11) is 0.750. The first-order chi connectivity index (χ1) is 11.1. The molecule has 0 aromatic heterocycles. The second kappa shape index (κ2) is 10.6. The van der Waals surface area contributed by atoms with Crippen LogP contribution in [0.15, 0.2) is 72.8 Å². The van der Waals surface area contributed by atoms with E-state index in [1.54, 1.807) is 0 Å². The molecule has 24 heavy (non-hydrogen) atoms. The zero-order valence-corrected chi connectivity index (χ0v) is 18.6. The molecule has 4 aromatic rings. The van der Waals surface area contributed by atoms with Crippen LogP contribution in [0, 0.1) is 13.8 Å². The topological polar surface area (TPSA) is 0 Å². The Bertz CT molecular complexity index is 716. The number of fused-ring (bicyclic) bond motifs is 2. The molecular formula is C22H25SiZr. The van der Waals surface area contributed by atoms with Gasteiger partial charge in [0.05, 0.1) is 0 Å². The average molecular weight is 409 g/mol. The molecule has 0 nitrogen and oxygen atoms in total. The van der Waals surface area contributed by atoms with Crippen LogP contribution >= 0.6 is 0 Å². The molecule has 0 spiro atoms. The van der Waals surface area contributed by atoms with E-state index in [1.807, 2.05) is 0 Å². The second-order valence-electron chi connectivity index (χ2n) is 5.90. The van der Waals surface area contributed by atoms with Gasteiger partial charge in [-0.05, 0) is 0 Å². The van der Waals surface area contributed by atoms with Gasteiger partial charge in [-0.25, -0.2) is 0 Å². The van der Waals surface area contributed by atoms with Crippen LogP contribution in [0.1, 0.15) is 11.1 Å². The Morgan fingerprint density at radius 1 is 0.667 bits per heavy atom. The van der Waals surface area contributed by atoms with Gasteiger partial charge in [0.1, 0.15) is 0 Å². The Labute approximate surface area is 167 Å².